The number of hydrogen-bond donors (Lipinski definition) is 1. The van der Waals surface area contributed by atoms with Gasteiger partial charge in [-0.2, -0.15) is 0 Å². The Bertz CT molecular complexity index is 632. The lowest BCUT2D eigenvalue weighted by molar-refractivity contribution is 0.299. The summed E-state index contributed by atoms with van der Waals surface area (Å²) in [5, 5.41) is 4.21. The third kappa shape index (κ3) is 5.04. The summed E-state index contributed by atoms with van der Waals surface area (Å²) in [5.41, 5.74) is 3.57. The zero-order valence-electron chi connectivity index (χ0n) is 13.7. The highest BCUT2D eigenvalue weighted by molar-refractivity contribution is 6.30. The molecule has 0 aliphatic heterocycles. The Kier molecular flexibility index (Phi) is 5.49. The molecule has 0 unspecified atom stereocenters. The number of benzene rings is 2. The van der Waals surface area contributed by atoms with Crippen LogP contribution in [-0.2, 0) is 13.2 Å². The van der Waals surface area contributed by atoms with Gasteiger partial charge in [0.05, 0.1) is 0 Å². The van der Waals surface area contributed by atoms with Gasteiger partial charge in [-0.25, -0.2) is 0 Å². The van der Waals surface area contributed by atoms with Gasteiger partial charge in [0.15, 0.2) is 0 Å². The van der Waals surface area contributed by atoms with Gasteiger partial charge in [-0.1, -0.05) is 35.9 Å². The second-order valence-corrected chi connectivity index (χ2v) is 7.01. The van der Waals surface area contributed by atoms with Gasteiger partial charge in [-0.05, 0) is 57.0 Å². The zero-order valence-corrected chi connectivity index (χ0v) is 14.5. The van der Waals surface area contributed by atoms with E-state index in [1.807, 2.05) is 30.3 Å². The maximum atomic E-state index is 6.13. The van der Waals surface area contributed by atoms with Crippen LogP contribution in [0.4, 0.5) is 0 Å². The van der Waals surface area contributed by atoms with Gasteiger partial charge in [-0.15, -0.1) is 0 Å². The maximum absolute atomic E-state index is 6.13. The van der Waals surface area contributed by atoms with Crippen LogP contribution in [0.1, 0.15) is 37.5 Å². The van der Waals surface area contributed by atoms with E-state index in [0.717, 1.165) is 22.9 Å². The van der Waals surface area contributed by atoms with E-state index >= 15 is 0 Å². The van der Waals surface area contributed by atoms with Crippen molar-refractivity contribution < 1.29 is 4.74 Å². The summed E-state index contributed by atoms with van der Waals surface area (Å²) < 4.78 is 6.03. The molecule has 0 aliphatic carbocycles. The number of ether oxygens (including phenoxy) is 1. The largest absolute Gasteiger partial charge is 0.489 e. The van der Waals surface area contributed by atoms with Gasteiger partial charge in [0.2, 0.25) is 0 Å². The highest BCUT2D eigenvalue weighted by Crippen LogP contribution is 2.25. The fraction of sp³-hybridized carbons (Fsp3) is 0.368. The number of nitrogens with one attached hydrogen (secondary N) is 1. The third-order valence-corrected chi connectivity index (χ3v) is 3.71. The quantitative estimate of drug-likeness (QED) is 0.826. The Balaban J connectivity index is 2.11. The molecule has 2 aromatic carbocycles. The molecule has 22 heavy (non-hydrogen) atoms. The van der Waals surface area contributed by atoms with Crippen LogP contribution in [0.5, 0.6) is 5.75 Å². The number of hydrogen-bond acceptors (Lipinski definition) is 2. The molecule has 0 saturated heterocycles. The summed E-state index contributed by atoms with van der Waals surface area (Å²) in [7, 11) is 0. The molecule has 0 radical (unpaired) electrons. The van der Waals surface area contributed by atoms with Crippen LogP contribution >= 0.6 is 11.6 Å². The summed E-state index contributed by atoms with van der Waals surface area (Å²) in [6.07, 6.45) is 0. The van der Waals surface area contributed by atoms with Crippen LogP contribution in [0.2, 0.25) is 5.02 Å². The average Bonchev–Trinajstić information content (AvgIpc) is 2.45. The Labute approximate surface area is 138 Å². The first-order chi connectivity index (χ1) is 10.3. The summed E-state index contributed by atoms with van der Waals surface area (Å²) in [4.78, 5) is 0. The van der Waals surface area contributed by atoms with E-state index in [9.17, 15) is 0 Å². The molecule has 1 N–H and O–H groups in total. The smallest absolute Gasteiger partial charge is 0.124 e. The number of aryl methyl sites for hydroxylation is 1. The SMILES string of the molecule is Cc1ccccc1COc1ccc(Cl)cc1CNC(C)(C)C. The maximum Gasteiger partial charge on any atom is 0.124 e. The Morgan fingerprint density at radius 3 is 2.45 bits per heavy atom. The number of rotatable bonds is 5. The minimum Gasteiger partial charge on any atom is -0.489 e. The molecule has 2 nitrogen and oxygen atoms in total. The first kappa shape index (κ1) is 16.9. The van der Waals surface area contributed by atoms with Crippen molar-refractivity contribution in [3.8, 4) is 5.75 Å². The molecular formula is C19H24ClNO. The monoisotopic (exact) mass is 317 g/mol. The molecule has 2 aromatic rings. The molecule has 0 bridgehead atoms. The molecule has 0 atom stereocenters. The Morgan fingerprint density at radius 1 is 1.05 bits per heavy atom. The first-order valence-electron chi connectivity index (χ1n) is 7.56. The molecule has 0 heterocycles. The van der Waals surface area contributed by atoms with Crippen LogP contribution in [0.25, 0.3) is 0 Å². The number of halogens is 1. The second-order valence-electron chi connectivity index (χ2n) is 6.57. The Morgan fingerprint density at radius 2 is 1.77 bits per heavy atom. The van der Waals surface area contributed by atoms with Crippen molar-refractivity contribution in [1.29, 1.82) is 0 Å². The fourth-order valence-electron chi connectivity index (χ4n) is 2.11. The minimum absolute atomic E-state index is 0.0512. The van der Waals surface area contributed by atoms with Crippen LogP contribution in [0, 0.1) is 6.92 Å². The van der Waals surface area contributed by atoms with Crippen molar-refractivity contribution in [3.05, 3.63) is 64.2 Å². The van der Waals surface area contributed by atoms with Gasteiger partial charge in [0.1, 0.15) is 12.4 Å². The molecular weight excluding hydrogens is 294 g/mol. The molecule has 2 rings (SSSR count). The molecule has 0 fully saturated rings. The van der Waals surface area contributed by atoms with Crippen LogP contribution in [0.3, 0.4) is 0 Å². The molecule has 0 saturated carbocycles. The zero-order chi connectivity index (χ0) is 16.2. The van der Waals surface area contributed by atoms with Gasteiger partial charge in [0.25, 0.3) is 0 Å². The summed E-state index contributed by atoms with van der Waals surface area (Å²) >= 11 is 6.13. The van der Waals surface area contributed by atoms with Crippen LogP contribution < -0.4 is 10.1 Å². The topological polar surface area (TPSA) is 21.3 Å². The predicted molar refractivity (Wildman–Crippen MR) is 93.6 cm³/mol. The second kappa shape index (κ2) is 7.17. The van der Waals surface area contributed by atoms with Crippen molar-refractivity contribution in [2.45, 2.75) is 46.4 Å². The van der Waals surface area contributed by atoms with E-state index in [1.54, 1.807) is 0 Å². The highest BCUT2D eigenvalue weighted by Gasteiger charge is 2.12. The van der Waals surface area contributed by atoms with Gasteiger partial charge in [-0.3, -0.25) is 0 Å². The van der Waals surface area contributed by atoms with Crippen molar-refractivity contribution in [2.24, 2.45) is 0 Å². The molecule has 0 aliphatic rings. The molecule has 118 valence electrons. The molecule has 3 heteroatoms. The summed E-state index contributed by atoms with van der Waals surface area (Å²) in [6, 6.07) is 14.1. The standard InChI is InChI=1S/C19H24ClNO/c1-14-7-5-6-8-15(14)13-22-18-10-9-17(20)11-16(18)12-21-19(2,3)4/h5-11,21H,12-13H2,1-4H3. The average molecular weight is 318 g/mol. The van der Waals surface area contributed by atoms with E-state index in [2.05, 4.69) is 45.1 Å². The van der Waals surface area contributed by atoms with Crippen molar-refractivity contribution >= 4 is 11.6 Å². The van der Waals surface area contributed by atoms with E-state index in [4.69, 9.17) is 16.3 Å². The fourth-order valence-corrected chi connectivity index (χ4v) is 2.31. The summed E-state index contributed by atoms with van der Waals surface area (Å²) in [5.74, 6) is 0.879. The highest BCUT2D eigenvalue weighted by atomic mass is 35.5. The molecule has 0 spiro atoms. The van der Waals surface area contributed by atoms with E-state index in [0.29, 0.717) is 6.61 Å². The normalized spacial score (nSPS) is 11.5. The van der Waals surface area contributed by atoms with Gasteiger partial charge in [0, 0.05) is 22.7 Å². The lowest BCUT2D eigenvalue weighted by Crippen LogP contribution is -2.35. The predicted octanol–water partition coefficient (Wildman–Crippen LogP) is 5.12. The first-order valence-corrected chi connectivity index (χ1v) is 7.94. The van der Waals surface area contributed by atoms with Crippen molar-refractivity contribution in [2.75, 3.05) is 0 Å². The third-order valence-electron chi connectivity index (χ3n) is 3.48. The van der Waals surface area contributed by atoms with Crippen molar-refractivity contribution in [1.82, 2.24) is 5.32 Å². The van der Waals surface area contributed by atoms with E-state index < -0.39 is 0 Å². The Hall–Kier alpha value is -1.51. The van der Waals surface area contributed by atoms with Gasteiger partial charge >= 0.3 is 0 Å². The molecule has 0 aromatic heterocycles. The van der Waals surface area contributed by atoms with E-state index in [-0.39, 0.29) is 5.54 Å². The summed E-state index contributed by atoms with van der Waals surface area (Å²) in [6.45, 7) is 9.83. The van der Waals surface area contributed by atoms with Gasteiger partial charge < -0.3 is 10.1 Å². The van der Waals surface area contributed by atoms with Crippen LogP contribution in [0.15, 0.2) is 42.5 Å². The lowest BCUT2D eigenvalue weighted by Gasteiger charge is -2.22. The van der Waals surface area contributed by atoms with Crippen molar-refractivity contribution in [3.63, 3.8) is 0 Å². The minimum atomic E-state index is 0.0512. The van der Waals surface area contributed by atoms with Crippen LogP contribution in [-0.4, -0.2) is 5.54 Å². The van der Waals surface area contributed by atoms with E-state index in [1.165, 1.54) is 11.1 Å². The molecule has 0 amide bonds. The lowest BCUT2D eigenvalue weighted by atomic mass is 10.1.